The molecule has 0 spiro atoms. The van der Waals surface area contributed by atoms with Gasteiger partial charge >= 0.3 is 0 Å². The average molecular weight is 116 g/mol. The van der Waals surface area contributed by atoms with E-state index < -0.39 is 0 Å². The van der Waals surface area contributed by atoms with E-state index in [9.17, 15) is 0 Å². The van der Waals surface area contributed by atoms with Gasteiger partial charge in [0.1, 0.15) is 0 Å². The van der Waals surface area contributed by atoms with Crippen LogP contribution < -0.4 is 0 Å². The maximum Gasteiger partial charge on any atom is -0.0296 e. The van der Waals surface area contributed by atoms with Gasteiger partial charge in [-0.15, -0.1) is 0 Å². The number of hydrogen-bond acceptors (Lipinski definition) is 0. The van der Waals surface area contributed by atoms with Gasteiger partial charge in [0.25, 0.3) is 0 Å². The summed E-state index contributed by atoms with van der Waals surface area (Å²) in [6.07, 6.45) is 1.31. The Labute approximate surface area is 47.8 Å². The molecule has 0 saturated carbocycles. The van der Waals surface area contributed by atoms with Crippen molar-refractivity contribution < 1.29 is 0 Å². The molecule has 0 aromatic rings. The third-order valence-electron chi connectivity index (χ3n) is 0.670. The largest absolute Gasteiger partial charge is 0.0988 e. The molecule has 0 radical (unpaired) electrons. The first-order chi connectivity index (χ1) is 3.27. The van der Waals surface area contributed by atoms with Crippen LogP contribution >= 0.6 is 8.58 Å². The minimum Gasteiger partial charge on any atom is -0.0988 e. The molecule has 7 heavy (non-hydrogen) atoms. The molecule has 0 amide bonds. The van der Waals surface area contributed by atoms with Gasteiger partial charge in [-0.3, -0.25) is 0 Å². The van der Waals surface area contributed by atoms with Crippen LogP contribution in [0, 0.1) is 5.92 Å². The van der Waals surface area contributed by atoms with Crippen LogP contribution in [0.1, 0.15) is 13.8 Å². The molecule has 0 rings (SSSR count). The zero-order chi connectivity index (χ0) is 5.70. The molecule has 0 N–H and O–H groups in total. The molecule has 0 nitrogen and oxygen atoms in total. The molecule has 0 heterocycles. The monoisotopic (exact) mass is 116 g/mol. The van der Waals surface area contributed by atoms with Crippen LogP contribution in [0.15, 0.2) is 12.4 Å². The zero-order valence-electron chi connectivity index (χ0n) is 5.07. The van der Waals surface area contributed by atoms with E-state index >= 15 is 0 Å². The standard InChI is InChI=1S/C6H13P/c1-4-7-5-6(2)3/h4,6-7H,1,5H2,2-3H3. The predicted octanol–water partition coefficient (Wildman–Crippen LogP) is 2.46. The molecular formula is C6H13P. The van der Waals surface area contributed by atoms with Gasteiger partial charge in [-0.2, -0.15) is 0 Å². The lowest BCUT2D eigenvalue weighted by Crippen LogP contribution is -1.85. The maximum absolute atomic E-state index is 3.64. The Bertz CT molecular complexity index is 48.1. The first-order valence-corrected chi connectivity index (χ1v) is 3.90. The summed E-state index contributed by atoms with van der Waals surface area (Å²) < 4.78 is 0. The summed E-state index contributed by atoms with van der Waals surface area (Å²) in [4.78, 5) is 0. The second-order valence-corrected chi connectivity index (χ2v) is 3.23. The number of hydrogen-bond donors (Lipinski definition) is 0. The third-order valence-corrected chi connectivity index (χ3v) is 2.01. The lowest BCUT2D eigenvalue weighted by atomic mass is 10.3. The molecule has 0 saturated heterocycles. The fourth-order valence-electron chi connectivity index (χ4n) is 0.319. The summed E-state index contributed by atoms with van der Waals surface area (Å²) in [5.74, 6) is 2.84. The Morgan fingerprint density at radius 2 is 2.29 bits per heavy atom. The van der Waals surface area contributed by atoms with Gasteiger partial charge in [-0.05, 0) is 12.1 Å². The lowest BCUT2D eigenvalue weighted by molar-refractivity contribution is 0.749. The fraction of sp³-hybridized carbons (Fsp3) is 0.667. The van der Waals surface area contributed by atoms with Crippen molar-refractivity contribution >= 4 is 8.58 Å². The van der Waals surface area contributed by atoms with E-state index in [0.717, 1.165) is 14.5 Å². The highest BCUT2D eigenvalue weighted by molar-refractivity contribution is 7.41. The van der Waals surface area contributed by atoms with E-state index in [1.54, 1.807) is 0 Å². The highest BCUT2D eigenvalue weighted by Gasteiger charge is 1.86. The quantitative estimate of drug-likeness (QED) is 0.497. The molecule has 42 valence electrons. The zero-order valence-corrected chi connectivity index (χ0v) is 6.07. The van der Waals surface area contributed by atoms with Gasteiger partial charge in [-0.1, -0.05) is 34.8 Å². The maximum atomic E-state index is 3.64. The van der Waals surface area contributed by atoms with Crippen molar-refractivity contribution in [1.82, 2.24) is 0 Å². The van der Waals surface area contributed by atoms with Gasteiger partial charge < -0.3 is 0 Å². The third kappa shape index (κ3) is 6.17. The van der Waals surface area contributed by atoms with Crippen molar-refractivity contribution in [3.63, 3.8) is 0 Å². The van der Waals surface area contributed by atoms with Gasteiger partial charge in [-0.25, -0.2) is 0 Å². The lowest BCUT2D eigenvalue weighted by Gasteiger charge is -1.97. The Balaban J connectivity index is 2.81. The van der Waals surface area contributed by atoms with Crippen molar-refractivity contribution in [2.45, 2.75) is 13.8 Å². The van der Waals surface area contributed by atoms with Gasteiger partial charge in [0, 0.05) is 0 Å². The Morgan fingerprint density at radius 1 is 1.71 bits per heavy atom. The minimum absolute atomic E-state index is 0.844. The Hall–Kier alpha value is 0.170. The highest BCUT2D eigenvalue weighted by atomic mass is 31.1. The van der Waals surface area contributed by atoms with E-state index in [-0.39, 0.29) is 0 Å². The number of rotatable bonds is 3. The van der Waals surface area contributed by atoms with Crippen molar-refractivity contribution in [3.05, 3.63) is 12.4 Å². The molecule has 0 bridgehead atoms. The summed E-state index contributed by atoms with van der Waals surface area (Å²) in [5, 5.41) is 0. The summed E-state index contributed by atoms with van der Waals surface area (Å²) in [6, 6.07) is 0. The van der Waals surface area contributed by atoms with Crippen LogP contribution in [0.3, 0.4) is 0 Å². The van der Waals surface area contributed by atoms with Crippen molar-refractivity contribution in [2.75, 3.05) is 6.16 Å². The smallest absolute Gasteiger partial charge is 0.0296 e. The van der Waals surface area contributed by atoms with Gasteiger partial charge in [0.2, 0.25) is 0 Å². The molecular weight excluding hydrogens is 103 g/mol. The summed E-state index contributed by atoms with van der Waals surface area (Å²) >= 11 is 0. The van der Waals surface area contributed by atoms with Crippen molar-refractivity contribution in [2.24, 2.45) is 5.92 Å². The van der Waals surface area contributed by atoms with Crippen molar-refractivity contribution in [3.8, 4) is 0 Å². The van der Waals surface area contributed by atoms with E-state index in [1.165, 1.54) is 6.16 Å². The van der Waals surface area contributed by atoms with Crippen LogP contribution in [-0.2, 0) is 0 Å². The second kappa shape index (κ2) is 4.33. The molecule has 0 aliphatic carbocycles. The normalized spacial score (nSPS) is 11.3. The molecule has 1 unspecified atom stereocenters. The molecule has 1 atom stereocenters. The van der Waals surface area contributed by atoms with Gasteiger partial charge in [0.05, 0.1) is 0 Å². The van der Waals surface area contributed by atoms with E-state index in [1.807, 2.05) is 5.82 Å². The van der Waals surface area contributed by atoms with E-state index in [0.29, 0.717) is 0 Å². The molecule has 0 aromatic carbocycles. The minimum atomic E-state index is 0.844. The molecule has 0 aliphatic heterocycles. The SMILES string of the molecule is C=CPCC(C)C. The predicted molar refractivity (Wildman–Crippen MR) is 38.2 cm³/mol. The summed E-state index contributed by atoms with van der Waals surface area (Å²) in [6.45, 7) is 8.11. The first-order valence-electron chi connectivity index (χ1n) is 2.61. The Kier molecular flexibility index (Phi) is 4.44. The van der Waals surface area contributed by atoms with Crippen LogP contribution in [-0.4, -0.2) is 6.16 Å². The van der Waals surface area contributed by atoms with Crippen LogP contribution in [0.4, 0.5) is 0 Å². The molecule has 0 aliphatic rings. The highest BCUT2D eigenvalue weighted by Crippen LogP contribution is 2.13. The first kappa shape index (κ1) is 7.17. The summed E-state index contributed by atoms with van der Waals surface area (Å²) in [5.41, 5.74) is 0. The molecule has 0 aromatic heterocycles. The van der Waals surface area contributed by atoms with E-state index in [4.69, 9.17) is 0 Å². The van der Waals surface area contributed by atoms with Crippen LogP contribution in [0.25, 0.3) is 0 Å². The fourth-order valence-corrected chi connectivity index (χ4v) is 0.957. The second-order valence-electron chi connectivity index (χ2n) is 2.01. The topological polar surface area (TPSA) is 0 Å². The van der Waals surface area contributed by atoms with Crippen LogP contribution in [0.2, 0.25) is 0 Å². The van der Waals surface area contributed by atoms with Crippen molar-refractivity contribution in [1.29, 1.82) is 0 Å². The van der Waals surface area contributed by atoms with Gasteiger partial charge in [0.15, 0.2) is 0 Å². The molecule has 0 fully saturated rings. The van der Waals surface area contributed by atoms with Crippen LogP contribution in [0.5, 0.6) is 0 Å². The average Bonchev–Trinajstić information content (AvgIpc) is 1.61. The summed E-state index contributed by atoms with van der Waals surface area (Å²) in [7, 11) is 0.959. The Morgan fingerprint density at radius 3 is 2.43 bits per heavy atom. The van der Waals surface area contributed by atoms with E-state index in [2.05, 4.69) is 20.4 Å². The molecule has 1 heteroatoms.